The second kappa shape index (κ2) is 7.06. The highest BCUT2D eigenvalue weighted by molar-refractivity contribution is 5.94. The highest BCUT2D eigenvalue weighted by atomic mass is 16.1. The van der Waals surface area contributed by atoms with Gasteiger partial charge in [0.2, 0.25) is 0 Å². The Labute approximate surface area is 120 Å². The quantitative estimate of drug-likeness (QED) is 0.804. The molecule has 1 aromatic rings. The molecule has 0 aromatic carbocycles. The van der Waals surface area contributed by atoms with Gasteiger partial charge in [0.25, 0.3) is 5.91 Å². The third-order valence-corrected chi connectivity index (χ3v) is 3.62. The lowest BCUT2D eigenvalue weighted by molar-refractivity contribution is 0.0916. The lowest BCUT2D eigenvalue weighted by Crippen LogP contribution is -2.38. The van der Waals surface area contributed by atoms with Gasteiger partial charge in [-0.15, -0.1) is 0 Å². The van der Waals surface area contributed by atoms with Crippen LogP contribution in [0.15, 0.2) is 18.3 Å². The van der Waals surface area contributed by atoms with Crippen molar-refractivity contribution >= 4 is 5.91 Å². The molecule has 1 fully saturated rings. The highest BCUT2D eigenvalue weighted by Gasteiger charge is 2.22. The Morgan fingerprint density at radius 3 is 3.15 bits per heavy atom. The summed E-state index contributed by atoms with van der Waals surface area (Å²) in [6, 6.07) is 3.83. The molecule has 3 N–H and O–H groups in total. The van der Waals surface area contributed by atoms with Crippen molar-refractivity contribution in [2.75, 3.05) is 6.54 Å². The monoisotopic (exact) mass is 271 g/mol. The molecule has 0 bridgehead atoms. The Bertz CT molecular complexity index is 530. The van der Waals surface area contributed by atoms with Gasteiger partial charge in [0.05, 0.1) is 12.1 Å². The van der Waals surface area contributed by atoms with E-state index in [9.17, 15) is 4.79 Å². The van der Waals surface area contributed by atoms with Crippen molar-refractivity contribution in [2.24, 2.45) is 11.7 Å². The smallest absolute Gasteiger partial charge is 0.271 e. The van der Waals surface area contributed by atoms with Gasteiger partial charge < -0.3 is 11.1 Å². The fraction of sp³-hybridized carbons (Fsp3) is 0.500. The number of rotatable bonds is 2. The second-order valence-electron chi connectivity index (χ2n) is 5.35. The Kier molecular flexibility index (Phi) is 5.14. The van der Waals surface area contributed by atoms with Crippen molar-refractivity contribution in [3.05, 3.63) is 29.6 Å². The number of aromatic nitrogens is 1. The van der Waals surface area contributed by atoms with Crippen LogP contribution < -0.4 is 11.1 Å². The van der Waals surface area contributed by atoms with Gasteiger partial charge in [-0.2, -0.15) is 0 Å². The van der Waals surface area contributed by atoms with Crippen molar-refractivity contribution < 1.29 is 4.79 Å². The molecule has 1 aromatic heterocycles. The average molecular weight is 271 g/mol. The number of nitrogens with zero attached hydrogens (tertiary/aromatic N) is 1. The number of nitrogens with one attached hydrogen (secondary N) is 1. The van der Waals surface area contributed by atoms with Crippen LogP contribution in [0.25, 0.3) is 0 Å². The van der Waals surface area contributed by atoms with Crippen LogP contribution in [0.4, 0.5) is 0 Å². The summed E-state index contributed by atoms with van der Waals surface area (Å²) in [6.45, 7) is 2.51. The molecule has 1 amide bonds. The van der Waals surface area contributed by atoms with E-state index in [1.165, 1.54) is 12.8 Å². The molecule has 0 radical (unpaired) electrons. The largest absolute Gasteiger partial charge is 0.348 e. The number of amides is 1. The zero-order valence-electron chi connectivity index (χ0n) is 11.9. The molecule has 1 heterocycles. The van der Waals surface area contributed by atoms with E-state index >= 15 is 0 Å². The predicted molar refractivity (Wildman–Crippen MR) is 79.1 cm³/mol. The molecule has 2 unspecified atom stereocenters. The molecule has 0 saturated heterocycles. The molecule has 4 nitrogen and oxygen atoms in total. The molecule has 106 valence electrons. The summed E-state index contributed by atoms with van der Waals surface area (Å²) in [7, 11) is 0. The van der Waals surface area contributed by atoms with E-state index < -0.39 is 0 Å². The number of carbonyl (C=O) groups excluding carboxylic acids is 1. The standard InChI is InChI=1S/C16H21N3O/c1-12-5-2-8-14(11-12)19-16(20)15-13(6-3-9-17)7-4-10-18-15/h4,7,10,12,14H,2,5,8-9,11,17H2,1H3,(H,19,20). The first-order valence-electron chi connectivity index (χ1n) is 7.15. The Hall–Kier alpha value is -1.86. The predicted octanol–water partition coefficient (Wildman–Crippen LogP) is 1.70. The van der Waals surface area contributed by atoms with E-state index in [2.05, 4.69) is 29.1 Å². The molecule has 1 saturated carbocycles. The number of pyridine rings is 1. The van der Waals surface area contributed by atoms with E-state index in [4.69, 9.17) is 5.73 Å². The van der Waals surface area contributed by atoms with Gasteiger partial charge in [-0.25, -0.2) is 4.98 Å². The summed E-state index contributed by atoms with van der Waals surface area (Å²) in [5, 5.41) is 3.08. The van der Waals surface area contributed by atoms with Crippen molar-refractivity contribution in [1.82, 2.24) is 10.3 Å². The van der Waals surface area contributed by atoms with Crippen LogP contribution in [0, 0.1) is 17.8 Å². The maximum absolute atomic E-state index is 12.3. The van der Waals surface area contributed by atoms with E-state index in [0.29, 0.717) is 17.2 Å². The first kappa shape index (κ1) is 14.5. The molecule has 2 rings (SSSR count). The Morgan fingerprint density at radius 1 is 1.55 bits per heavy atom. The van der Waals surface area contributed by atoms with Crippen LogP contribution in [0.3, 0.4) is 0 Å². The zero-order valence-corrected chi connectivity index (χ0v) is 11.9. The zero-order chi connectivity index (χ0) is 14.4. The van der Waals surface area contributed by atoms with Gasteiger partial charge in [-0.05, 0) is 30.9 Å². The van der Waals surface area contributed by atoms with E-state index in [-0.39, 0.29) is 18.5 Å². The molecular formula is C16H21N3O. The maximum Gasteiger partial charge on any atom is 0.271 e. The first-order valence-corrected chi connectivity index (χ1v) is 7.15. The highest BCUT2D eigenvalue weighted by Crippen LogP contribution is 2.23. The third kappa shape index (κ3) is 3.82. The van der Waals surface area contributed by atoms with Gasteiger partial charge in [0, 0.05) is 12.2 Å². The van der Waals surface area contributed by atoms with E-state index in [1.54, 1.807) is 18.3 Å². The van der Waals surface area contributed by atoms with E-state index in [1.807, 2.05) is 0 Å². The third-order valence-electron chi connectivity index (χ3n) is 3.62. The minimum absolute atomic E-state index is 0.133. The molecule has 2 atom stereocenters. The molecule has 0 spiro atoms. The molecule has 4 heteroatoms. The summed E-state index contributed by atoms with van der Waals surface area (Å²) in [5.74, 6) is 6.21. The maximum atomic E-state index is 12.3. The minimum Gasteiger partial charge on any atom is -0.348 e. The average Bonchev–Trinajstić information content (AvgIpc) is 2.45. The van der Waals surface area contributed by atoms with Gasteiger partial charge in [0.15, 0.2) is 0 Å². The summed E-state index contributed by atoms with van der Waals surface area (Å²) in [6.07, 6.45) is 6.14. The number of nitrogens with two attached hydrogens (primary N) is 1. The molecule has 0 aliphatic heterocycles. The number of hydrogen-bond donors (Lipinski definition) is 2. The van der Waals surface area contributed by atoms with Crippen LogP contribution >= 0.6 is 0 Å². The fourth-order valence-electron chi connectivity index (χ4n) is 2.65. The fourth-order valence-corrected chi connectivity index (χ4v) is 2.65. The van der Waals surface area contributed by atoms with Crippen LogP contribution in [0.5, 0.6) is 0 Å². The Balaban J connectivity index is 2.09. The van der Waals surface area contributed by atoms with Crippen molar-refractivity contribution in [1.29, 1.82) is 0 Å². The SMILES string of the molecule is CC1CCCC(NC(=O)c2ncccc2C#CCN)C1. The van der Waals surface area contributed by atoms with Crippen LogP contribution in [0.2, 0.25) is 0 Å². The van der Waals surface area contributed by atoms with E-state index in [0.717, 1.165) is 12.8 Å². The molecular weight excluding hydrogens is 250 g/mol. The van der Waals surface area contributed by atoms with Gasteiger partial charge >= 0.3 is 0 Å². The van der Waals surface area contributed by atoms with Gasteiger partial charge in [-0.3, -0.25) is 4.79 Å². The van der Waals surface area contributed by atoms with Crippen molar-refractivity contribution in [2.45, 2.75) is 38.6 Å². The summed E-state index contributed by atoms with van der Waals surface area (Å²) >= 11 is 0. The Morgan fingerprint density at radius 2 is 2.40 bits per heavy atom. The summed E-state index contributed by atoms with van der Waals surface area (Å²) < 4.78 is 0. The van der Waals surface area contributed by atoms with Crippen LogP contribution in [-0.4, -0.2) is 23.5 Å². The lowest BCUT2D eigenvalue weighted by Gasteiger charge is -2.27. The van der Waals surface area contributed by atoms with Crippen LogP contribution in [-0.2, 0) is 0 Å². The second-order valence-corrected chi connectivity index (χ2v) is 5.35. The normalized spacial score (nSPS) is 21.7. The topological polar surface area (TPSA) is 68.0 Å². The van der Waals surface area contributed by atoms with Crippen LogP contribution in [0.1, 0.15) is 48.7 Å². The van der Waals surface area contributed by atoms with Crippen molar-refractivity contribution in [3.63, 3.8) is 0 Å². The number of hydrogen-bond acceptors (Lipinski definition) is 3. The lowest BCUT2D eigenvalue weighted by atomic mass is 9.87. The first-order chi connectivity index (χ1) is 9.70. The van der Waals surface area contributed by atoms with Gasteiger partial charge in [0.1, 0.15) is 5.69 Å². The molecule has 20 heavy (non-hydrogen) atoms. The molecule has 1 aliphatic carbocycles. The molecule has 1 aliphatic rings. The minimum atomic E-state index is -0.133. The summed E-state index contributed by atoms with van der Waals surface area (Å²) in [5.41, 5.74) is 6.41. The number of carbonyl (C=O) groups is 1. The van der Waals surface area contributed by atoms with Crippen molar-refractivity contribution in [3.8, 4) is 11.8 Å². The van der Waals surface area contributed by atoms with Gasteiger partial charge in [-0.1, -0.05) is 31.6 Å². The summed E-state index contributed by atoms with van der Waals surface area (Å²) in [4.78, 5) is 16.5.